The number of hydrogen-bond acceptors (Lipinski definition) is 2. The summed E-state index contributed by atoms with van der Waals surface area (Å²) in [7, 11) is 2.27. The number of nitrogens with zero attached hydrogens (tertiary/aromatic N) is 1. The van der Waals surface area contributed by atoms with Gasteiger partial charge in [0.15, 0.2) is 0 Å². The highest BCUT2D eigenvalue weighted by Crippen LogP contribution is 2.29. The third-order valence-electron chi connectivity index (χ3n) is 4.13. The highest BCUT2D eigenvalue weighted by Gasteiger charge is 2.30. The Balaban J connectivity index is 2.43. The Morgan fingerprint density at radius 2 is 1.82 bits per heavy atom. The lowest BCUT2D eigenvalue weighted by molar-refractivity contribution is 0.145. The molecule has 0 unspecified atom stereocenters. The molecule has 2 heteroatoms. The van der Waals surface area contributed by atoms with Gasteiger partial charge in [-0.1, -0.05) is 27.7 Å². The molecule has 0 saturated heterocycles. The molecule has 0 aromatic rings. The molecule has 1 aliphatic carbocycles. The molecular formula is C15H32N2. The van der Waals surface area contributed by atoms with Crippen LogP contribution in [-0.2, 0) is 0 Å². The van der Waals surface area contributed by atoms with Crippen LogP contribution in [0.5, 0.6) is 0 Å². The fourth-order valence-corrected chi connectivity index (χ4v) is 2.69. The van der Waals surface area contributed by atoms with Crippen LogP contribution in [0.15, 0.2) is 0 Å². The van der Waals surface area contributed by atoms with Crippen LogP contribution in [-0.4, -0.2) is 37.6 Å². The van der Waals surface area contributed by atoms with Gasteiger partial charge in [-0.15, -0.1) is 0 Å². The van der Waals surface area contributed by atoms with Gasteiger partial charge in [0.05, 0.1) is 0 Å². The Labute approximate surface area is 108 Å². The van der Waals surface area contributed by atoms with Gasteiger partial charge in [0.25, 0.3) is 0 Å². The number of hydrogen-bond donors (Lipinski definition) is 1. The van der Waals surface area contributed by atoms with Gasteiger partial charge < -0.3 is 10.2 Å². The Kier molecular flexibility index (Phi) is 5.94. The second kappa shape index (κ2) is 6.75. The Morgan fingerprint density at radius 1 is 1.24 bits per heavy atom. The van der Waals surface area contributed by atoms with E-state index in [1.54, 1.807) is 0 Å². The molecule has 1 N–H and O–H groups in total. The van der Waals surface area contributed by atoms with E-state index in [-0.39, 0.29) is 0 Å². The second-order valence-electron chi connectivity index (χ2n) is 6.45. The first kappa shape index (κ1) is 15.0. The Morgan fingerprint density at radius 3 is 2.24 bits per heavy atom. The average Bonchev–Trinajstić information content (AvgIpc) is 3.07. The van der Waals surface area contributed by atoms with E-state index in [9.17, 15) is 0 Å². The van der Waals surface area contributed by atoms with Crippen LogP contribution in [0.3, 0.4) is 0 Å². The average molecular weight is 240 g/mol. The summed E-state index contributed by atoms with van der Waals surface area (Å²) in [5.41, 5.74) is 0.478. The van der Waals surface area contributed by atoms with Crippen molar-refractivity contribution in [2.75, 3.05) is 26.7 Å². The third kappa shape index (κ3) is 5.39. The molecule has 0 aromatic carbocycles. The lowest BCUT2D eigenvalue weighted by atomic mass is 9.81. The molecule has 1 fully saturated rings. The molecule has 1 saturated carbocycles. The predicted molar refractivity (Wildman–Crippen MR) is 76.4 cm³/mol. The minimum absolute atomic E-state index is 0.478. The zero-order valence-corrected chi connectivity index (χ0v) is 12.6. The third-order valence-corrected chi connectivity index (χ3v) is 4.13. The maximum absolute atomic E-state index is 3.73. The van der Waals surface area contributed by atoms with Gasteiger partial charge >= 0.3 is 0 Å². The van der Waals surface area contributed by atoms with Crippen molar-refractivity contribution < 1.29 is 0 Å². The van der Waals surface area contributed by atoms with Gasteiger partial charge in [0, 0.05) is 25.7 Å². The molecule has 1 rings (SSSR count). The Bertz CT molecular complexity index is 205. The normalized spacial score (nSPS) is 17.1. The van der Waals surface area contributed by atoms with Crippen molar-refractivity contribution in [3.05, 3.63) is 0 Å². The fraction of sp³-hybridized carbons (Fsp3) is 1.00. The summed E-state index contributed by atoms with van der Waals surface area (Å²) in [4.78, 5) is 2.52. The summed E-state index contributed by atoms with van der Waals surface area (Å²) in [6.45, 7) is 13.0. The van der Waals surface area contributed by atoms with Gasteiger partial charge in [0.1, 0.15) is 0 Å². The highest BCUT2D eigenvalue weighted by molar-refractivity contribution is 4.88. The number of rotatable bonds is 9. The van der Waals surface area contributed by atoms with Crippen molar-refractivity contribution >= 4 is 0 Å². The van der Waals surface area contributed by atoms with E-state index in [1.807, 2.05) is 0 Å². The summed E-state index contributed by atoms with van der Waals surface area (Å²) >= 11 is 0. The van der Waals surface area contributed by atoms with Crippen molar-refractivity contribution in [1.29, 1.82) is 0 Å². The van der Waals surface area contributed by atoms with Crippen LogP contribution in [0.25, 0.3) is 0 Å². The summed E-state index contributed by atoms with van der Waals surface area (Å²) in [5.74, 6) is 0.766. The molecule has 0 bridgehead atoms. The van der Waals surface area contributed by atoms with E-state index >= 15 is 0 Å². The first-order chi connectivity index (χ1) is 8.01. The van der Waals surface area contributed by atoms with Crippen molar-refractivity contribution in [2.45, 2.75) is 59.4 Å². The van der Waals surface area contributed by atoms with Gasteiger partial charge in [-0.25, -0.2) is 0 Å². The molecule has 0 aromatic heterocycles. The highest BCUT2D eigenvalue weighted by atomic mass is 15.1. The van der Waals surface area contributed by atoms with E-state index in [2.05, 4.69) is 45.0 Å². The molecule has 2 nitrogen and oxygen atoms in total. The molecule has 0 aliphatic heterocycles. The second-order valence-corrected chi connectivity index (χ2v) is 6.45. The maximum atomic E-state index is 3.73. The first-order valence-corrected chi connectivity index (χ1v) is 7.43. The van der Waals surface area contributed by atoms with Crippen LogP contribution in [0.2, 0.25) is 0 Å². The van der Waals surface area contributed by atoms with Crippen LogP contribution >= 0.6 is 0 Å². The Hall–Kier alpha value is -0.0800. The minimum Gasteiger partial charge on any atom is -0.313 e. The van der Waals surface area contributed by atoms with E-state index in [4.69, 9.17) is 0 Å². The summed E-state index contributed by atoms with van der Waals surface area (Å²) in [5, 5.41) is 3.73. The molecule has 1 aliphatic rings. The van der Waals surface area contributed by atoms with Gasteiger partial charge in [-0.3, -0.25) is 0 Å². The molecule has 0 atom stereocenters. The molecule has 0 radical (unpaired) electrons. The van der Waals surface area contributed by atoms with Crippen molar-refractivity contribution in [3.8, 4) is 0 Å². The molecule has 0 amide bonds. The molecule has 102 valence electrons. The van der Waals surface area contributed by atoms with Gasteiger partial charge in [-0.2, -0.15) is 0 Å². The molecule has 0 heterocycles. The molecule has 17 heavy (non-hydrogen) atoms. The zero-order chi connectivity index (χ0) is 12.9. The summed E-state index contributed by atoms with van der Waals surface area (Å²) in [6, 6.07) is 0.836. The SMILES string of the molecule is CCC(CC)(CNC1CC1)CN(C)CC(C)C. The lowest BCUT2D eigenvalue weighted by Crippen LogP contribution is -2.43. The predicted octanol–water partition coefficient (Wildman–Crippen LogP) is 3.13. The molecule has 0 spiro atoms. The monoisotopic (exact) mass is 240 g/mol. The zero-order valence-electron chi connectivity index (χ0n) is 12.6. The van der Waals surface area contributed by atoms with Crippen molar-refractivity contribution in [1.82, 2.24) is 10.2 Å². The van der Waals surface area contributed by atoms with Crippen LogP contribution in [0.1, 0.15) is 53.4 Å². The fourth-order valence-electron chi connectivity index (χ4n) is 2.69. The maximum Gasteiger partial charge on any atom is 0.00684 e. The topological polar surface area (TPSA) is 15.3 Å². The number of nitrogens with one attached hydrogen (secondary N) is 1. The van der Waals surface area contributed by atoms with E-state index in [0.29, 0.717) is 5.41 Å². The standard InChI is InChI=1S/C15H32N2/c1-6-15(7-2,11-16-14-8-9-14)12-17(5)10-13(3)4/h13-14,16H,6-12H2,1-5H3. The van der Waals surface area contributed by atoms with Crippen molar-refractivity contribution in [2.24, 2.45) is 11.3 Å². The first-order valence-electron chi connectivity index (χ1n) is 7.43. The largest absolute Gasteiger partial charge is 0.313 e. The minimum atomic E-state index is 0.478. The quantitative estimate of drug-likeness (QED) is 0.666. The summed E-state index contributed by atoms with van der Waals surface area (Å²) < 4.78 is 0. The van der Waals surface area contributed by atoms with Crippen LogP contribution in [0.4, 0.5) is 0 Å². The van der Waals surface area contributed by atoms with E-state index in [1.165, 1.54) is 45.3 Å². The lowest BCUT2D eigenvalue weighted by Gasteiger charge is -2.36. The van der Waals surface area contributed by atoms with E-state index < -0.39 is 0 Å². The van der Waals surface area contributed by atoms with Gasteiger partial charge in [-0.05, 0) is 44.1 Å². The van der Waals surface area contributed by atoms with Crippen LogP contribution < -0.4 is 5.32 Å². The molecular weight excluding hydrogens is 208 g/mol. The van der Waals surface area contributed by atoms with E-state index in [0.717, 1.165) is 12.0 Å². The smallest absolute Gasteiger partial charge is 0.00684 e. The van der Waals surface area contributed by atoms with Crippen molar-refractivity contribution in [3.63, 3.8) is 0 Å². The summed E-state index contributed by atoms with van der Waals surface area (Å²) in [6.07, 6.45) is 5.36. The van der Waals surface area contributed by atoms with Crippen LogP contribution in [0, 0.1) is 11.3 Å². The van der Waals surface area contributed by atoms with Gasteiger partial charge in [0.2, 0.25) is 0 Å².